The van der Waals surface area contributed by atoms with Gasteiger partial charge in [0.25, 0.3) is 0 Å². The molecule has 1 radical (unpaired) electrons. The fourth-order valence-electron chi connectivity index (χ4n) is 2.38. The first-order valence-corrected chi connectivity index (χ1v) is 4.69. The summed E-state index contributed by atoms with van der Waals surface area (Å²) in [6, 6.07) is -0.317. The van der Waals surface area contributed by atoms with Crippen LogP contribution in [0.2, 0.25) is 0 Å². The van der Waals surface area contributed by atoms with Gasteiger partial charge in [-0.05, 0) is 47.0 Å². The van der Waals surface area contributed by atoms with Gasteiger partial charge in [-0.25, -0.2) is 4.79 Å². The SMILES string of the molecule is CC1(C)C[CH]CC(C)(C)N1C(N)=O.Cl. The maximum absolute atomic E-state index is 11.3. The Hall–Kier alpha value is -0.440. The summed E-state index contributed by atoms with van der Waals surface area (Å²) >= 11 is 0. The Morgan fingerprint density at radius 1 is 1.21 bits per heavy atom. The van der Waals surface area contributed by atoms with Gasteiger partial charge in [0.15, 0.2) is 0 Å². The molecule has 1 heterocycles. The van der Waals surface area contributed by atoms with Gasteiger partial charge in [0.2, 0.25) is 0 Å². The van der Waals surface area contributed by atoms with Crippen LogP contribution in [0, 0.1) is 6.42 Å². The van der Waals surface area contributed by atoms with Gasteiger partial charge < -0.3 is 10.6 Å². The number of carbonyl (C=O) groups is 1. The zero-order valence-corrected chi connectivity index (χ0v) is 10.1. The zero-order chi connectivity index (χ0) is 10.3. The standard InChI is InChI=1S/C10H19N2O.ClH/c1-9(2)6-5-7-10(3,4)12(9)8(11)13;/h5H,6-7H2,1-4H3,(H2,11,13);1H. The lowest BCUT2D eigenvalue weighted by Gasteiger charge is -2.51. The lowest BCUT2D eigenvalue weighted by molar-refractivity contribution is 0.0353. The highest BCUT2D eigenvalue weighted by atomic mass is 35.5. The molecule has 0 unspecified atom stereocenters. The summed E-state index contributed by atoms with van der Waals surface area (Å²) in [6.45, 7) is 8.20. The van der Waals surface area contributed by atoms with Crippen molar-refractivity contribution in [1.82, 2.24) is 4.90 Å². The van der Waals surface area contributed by atoms with Gasteiger partial charge in [-0.15, -0.1) is 12.4 Å². The Balaban J connectivity index is 0.00000169. The van der Waals surface area contributed by atoms with Gasteiger partial charge in [-0.3, -0.25) is 0 Å². The van der Waals surface area contributed by atoms with Crippen LogP contribution in [0.25, 0.3) is 0 Å². The average molecular weight is 220 g/mol. The van der Waals surface area contributed by atoms with Crippen molar-refractivity contribution in [3.8, 4) is 0 Å². The monoisotopic (exact) mass is 219 g/mol. The summed E-state index contributed by atoms with van der Waals surface area (Å²) in [5.74, 6) is 0. The van der Waals surface area contributed by atoms with Crippen molar-refractivity contribution < 1.29 is 4.79 Å². The Morgan fingerprint density at radius 3 is 1.79 bits per heavy atom. The second-order valence-corrected chi connectivity index (χ2v) is 5.00. The molecule has 0 bridgehead atoms. The first-order valence-electron chi connectivity index (χ1n) is 4.69. The summed E-state index contributed by atoms with van der Waals surface area (Å²) in [6.07, 6.45) is 4.07. The molecule has 0 aromatic heterocycles. The highest BCUT2D eigenvalue weighted by Gasteiger charge is 2.43. The van der Waals surface area contributed by atoms with Crippen LogP contribution in [0.1, 0.15) is 40.5 Å². The third-order valence-electron chi connectivity index (χ3n) is 2.72. The highest BCUT2D eigenvalue weighted by Crippen LogP contribution is 2.37. The van der Waals surface area contributed by atoms with E-state index in [-0.39, 0.29) is 29.5 Å². The van der Waals surface area contributed by atoms with Crippen molar-refractivity contribution in [2.75, 3.05) is 0 Å². The van der Waals surface area contributed by atoms with Crippen LogP contribution >= 0.6 is 12.4 Å². The molecule has 2 N–H and O–H groups in total. The molecule has 83 valence electrons. The summed E-state index contributed by atoms with van der Waals surface area (Å²) in [4.78, 5) is 13.1. The zero-order valence-electron chi connectivity index (χ0n) is 9.33. The van der Waals surface area contributed by atoms with Gasteiger partial charge in [0.05, 0.1) is 0 Å². The number of rotatable bonds is 0. The molecule has 0 aromatic rings. The molecule has 0 saturated carbocycles. The van der Waals surface area contributed by atoms with E-state index in [0.717, 1.165) is 12.8 Å². The maximum atomic E-state index is 11.3. The first-order chi connectivity index (χ1) is 5.77. The van der Waals surface area contributed by atoms with E-state index in [1.54, 1.807) is 4.90 Å². The van der Waals surface area contributed by atoms with Crippen molar-refractivity contribution in [3.05, 3.63) is 6.42 Å². The second-order valence-electron chi connectivity index (χ2n) is 5.00. The molecular weight excluding hydrogens is 200 g/mol. The average Bonchev–Trinajstić information content (AvgIpc) is 1.79. The second kappa shape index (κ2) is 3.97. The van der Waals surface area contributed by atoms with Crippen LogP contribution in [0.4, 0.5) is 4.79 Å². The number of primary amides is 1. The number of hydrogen-bond donors (Lipinski definition) is 1. The molecule has 0 aliphatic carbocycles. The van der Waals surface area contributed by atoms with Gasteiger partial charge in [-0.1, -0.05) is 0 Å². The number of urea groups is 1. The molecular formula is C10H20ClN2O. The number of likely N-dealkylation sites (tertiary alicyclic amines) is 1. The summed E-state index contributed by atoms with van der Waals surface area (Å²) in [7, 11) is 0. The Kier molecular flexibility index (Phi) is 3.85. The molecule has 0 aromatic carbocycles. The van der Waals surface area contributed by atoms with E-state index in [1.165, 1.54) is 0 Å². The van der Waals surface area contributed by atoms with E-state index in [2.05, 4.69) is 34.1 Å². The fraction of sp³-hybridized carbons (Fsp3) is 0.800. The number of halogens is 1. The van der Waals surface area contributed by atoms with Crippen LogP contribution in [0.15, 0.2) is 0 Å². The van der Waals surface area contributed by atoms with E-state index in [1.807, 2.05) is 0 Å². The molecule has 14 heavy (non-hydrogen) atoms. The van der Waals surface area contributed by atoms with Crippen molar-refractivity contribution in [3.63, 3.8) is 0 Å². The van der Waals surface area contributed by atoms with Crippen molar-refractivity contribution in [2.45, 2.75) is 51.6 Å². The van der Waals surface area contributed by atoms with Gasteiger partial charge in [-0.2, -0.15) is 0 Å². The summed E-state index contributed by atoms with van der Waals surface area (Å²) in [5.41, 5.74) is 5.10. The molecule has 0 spiro atoms. The number of piperidine rings is 1. The molecule has 2 amide bonds. The van der Waals surface area contributed by atoms with Crippen molar-refractivity contribution >= 4 is 18.4 Å². The Morgan fingerprint density at radius 2 is 1.57 bits per heavy atom. The topological polar surface area (TPSA) is 46.3 Å². The summed E-state index contributed by atoms with van der Waals surface area (Å²) in [5, 5.41) is 0. The van der Waals surface area contributed by atoms with E-state index < -0.39 is 0 Å². The van der Waals surface area contributed by atoms with Crippen LogP contribution < -0.4 is 5.73 Å². The maximum Gasteiger partial charge on any atom is 0.315 e. The molecule has 4 heteroatoms. The number of amides is 2. The molecule has 1 aliphatic rings. The highest BCUT2D eigenvalue weighted by molar-refractivity contribution is 5.85. The number of nitrogens with two attached hydrogens (primary N) is 1. The minimum atomic E-state index is -0.317. The normalized spacial score (nSPS) is 23.9. The van der Waals surface area contributed by atoms with Crippen LogP contribution in [-0.2, 0) is 0 Å². The number of nitrogens with zero attached hydrogens (tertiary/aromatic N) is 1. The predicted molar refractivity (Wildman–Crippen MR) is 60.4 cm³/mol. The number of carbonyl (C=O) groups excluding carboxylic acids is 1. The predicted octanol–water partition coefficient (Wildman–Crippen LogP) is 2.34. The quantitative estimate of drug-likeness (QED) is 0.668. The van der Waals surface area contributed by atoms with Gasteiger partial charge >= 0.3 is 6.03 Å². The van der Waals surface area contributed by atoms with E-state index >= 15 is 0 Å². The third-order valence-corrected chi connectivity index (χ3v) is 2.72. The van der Waals surface area contributed by atoms with Crippen LogP contribution in [0.5, 0.6) is 0 Å². The van der Waals surface area contributed by atoms with E-state index in [9.17, 15) is 4.79 Å². The first kappa shape index (κ1) is 13.6. The third kappa shape index (κ3) is 2.32. The van der Waals surface area contributed by atoms with Crippen LogP contribution in [0.3, 0.4) is 0 Å². The molecule has 0 atom stereocenters. The molecule has 1 rings (SSSR count). The largest absolute Gasteiger partial charge is 0.351 e. The van der Waals surface area contributed by atoms with E-state index in [0.29, 0.717) is 0 Å². The minimum absolute atomic E-state index is 0. The van der Waals surface area contributed by atoms with Crippen molar-refractivity contribution in [1.29, 1.82) is 0 Å². The summed E-state index contributed by atoms with van der Waals surface area (Å²) < 4.78 is 0. The molecule has 3 nitrogen and oxygen atoms in total. The lowest BCUT2D eigenvalue weighted by Crippen LogP contribution is -2.62. The van der Waals surface area contributed by atoms with Gasteiger partial charge in [0.1, 0.15) is 0 Å². The molecule has 1 saturated heterocycles. The lowest BCUT2D eigenvalue weighted by atomic mass is 9.80. The molecule has 1 fully saturated rings. The minimum Gasteiger partial charge on any atom is -0.351 e. The Bertz CT molecular complexity index is 210. The fourth-order valence-corrected chi connectivity index (χ4v) is 2.38. The number of hydrogen-bond acceptors (Lipinski definition) is 1. The molecule has 1 aliphatic heterocycles. The Labute approximate surface area is 92.4 Å². The van der Waals surface area contributed by atoms with E-state index in [4.69, 9.17) is 5.73 Å². The smallest absolute Gasteiger partial charge is 0.315 e. The van der Waals surface area contributed by atoms with Crippen molar-refractivity contribution in [2.24, 2.45) is 5.73 Å². The van der Waals surface area contributed by atoms with Crippen LogP contribution in [-0.4, -0.2) is 22.0 Å². The van der Waals surface area contributed by atoms with Gasteiger partial charge in [0, 0.05) is 11.1 Å².